The number of methoxy groups -OCH3 is 1. The van der Waals surface area contributed by atoms with Crippen molar-refractivity contribution in [2.24, 2.45) is 0 Å². The molecule has 0 bridgehead atoms. The van der Waals surface area contributed by atoms with E-state index in [1.165, 1.54) is 25.3 Å². The predicted octanol–water partition coefficient (Wildman–Crippen LogP) is 3.04. The lowest BCUT2D eigenvalue weighted by atomic mass is 10.2. The minimum absolute atomic E-state index is 0.0604. The molecule has 0 atom stereocenters. The van der Waals surface area contributed by atoms with Crippen molar-refractivity contribution in [1.82, 2.24) is 0 Å². The van der Waals surface area contributed by atoms with E-state index in [1.807, 2.05) is 6.92 Å². The third-order valence-electron chi connectivity index (χ3n) is 2.94. The number of sulfonamides is 1. The maximum Gasteiger partial charge on any atom is 0.262 e. The second-order valence-corrected chi connectivity index (χ2v) is 6.56. The first-order valence-electron chi connectivity index (χ1n) is 6.06. The number of nitrogens with two attached hydrogens (primary N) is 1. The van der Waals surface area contributed by atoms with E-state index in [4.69, 9.17) is 22.1 Å². The summed E-state index contributed by atoms with van der Waals surface area (Å²) in [7, 11) is -2.31. The molecule has 2 rings (SSSR count). The number of ether oxygens (including phenoxy) is 1. The number of hydrogen-bond donors (Lipinski definition) is 2. The van der Waals surface area contributed by atoms with E-state index in [0.29, 0.717) is 22.1 Å². The summed E-state index contributed by atoms with van der Waals surface area (Å²) >= 11 is 5.99. The van der Waals surface area contributed by atoms with Crippen LogP contribution in [0.5, 0.6) is 5.75 Å². The van der Waals surface area contributed by atoms with Crippen molar-refractivity contribution in [2.75, 3.05) is 17.6 Å². The van der Waals surface area contributed by atoms with Crippen molar-refractivity contribution in [3.63, 3.8) is 0 Å². The predicted molar refractivity (Wildman–Crippen MR) is 84.4 cm³/mol. The van der Waals surface area contributed by atoms with E-state index in [9.17, 15) is 8.42 Å². The molecule has 0 saturated carbocycles. The van der Waals surface area contributed by atoms with E-state index < -0.39 is 10.0 Å². The van der Waals surface area contributed by atoms with Gasteiger partial charge in [0.05, 0.1) is 23.4 Å². The van der Waals surface area contributed by atoms with Crippen LogP contribution in [0, 0.1) is 6.92 Å². The average Bonchev–Trinajstić information content (AvgIpc) is 2.43. The van der Waals surface area contributed by atoms with Gasteiger partial charge in [-0.25, -0.2) is 8.42 Å². The standard InChI is InChI=1S/C14H15ClN2O3S/c1-9-3-4-10(7-12(9)15)17-21(18,19)11-5-6-13(16)14(8-11)20-2/h3-8,17H,16H2,1-2H3. The van der Waals surface area contributed by atoms with E-state index in [-0.39, 0.29) is 4.90 Å². The fourth-order valence-electron chi connectivity index (χ4n) is 1.73. The molecular weight excluding hydrogens is 312 g/mol. The van der Waals surface area contributed by atoms with Crippen LogP contribution in [0.2, 0.25) is 5.02 Å². The first-order chi connectivity index (χ1) is 9.83. The molecule has 2 aromatic rings. The van der Waals surface area contributed by atoms with Gasteiger partial charge in [0.15, 0.2) is 0 Å². The van der Waals surface area contributed by atoms with E-state index >= 15 is 0 Å². The number of rotatable bonds is 4. The van der Waals surface area contributed by atoms with Crippen LogP contribution in [0.25, 0.3) is 0 Å². The summed E-state index contributed by atoms with van der Waals surface area (Å²) < 4.78 is 32.1. The smallest absolute Gasteiger partial charge is 0.262 e. The van der Waals surface area contributed by atoms with Gasteiger partial charge in [-0.05, 0) is 36.8 Å². The molecule has 112 valence electrons. The zero-order valence-electron chi connectivity index (χ0n) is 11.6. The number of aryl methyl sites for hydroxylation is 1. The summed E-state index contributed by atoms with van der Waals surface area (Å²) in [4.78, 5) is 0.0604. The Hall–Kier alpha value is -1.92. The van der Waals surface area contributed by atoms with Gasteiger partial charge < -0.3 is 10.5 Å². The Bertz CT molecular complexity index is 776. The molecule has 0 fully saturated rings. The number of nitrogen functional groups attached to an aromatic ring is 1. The number of nitrogens with one attached hydrogen (secondary N) is 1. The van der Waals surface area contributed by atoms with Crippen LogP contribution in [-0.4, -0.2) is 15.5 Å². The average molecular weight is 327 g/mol. The normalized spacial score (nSPS) is 11.2. The Kier molecular flexibility index (Phi) is 4.29. The molecule has 3 N–H and O–H groups in total. The summed E-state index contributed by atoms with van der Waals surface area (Å²) in [6, 6.07) is 9.21. The van der Waals surface area contributed by atoms with Gasteiger partial charge >= 0.3 is 0 Å². The fraction of sp³-hybridized carbons (Fsp3) is 0.143. The summed E-state index contributed by atoms with van der Waals surface area (Å²) in [6.07, 6.45) is 0. The van der Waals surface area contributed by atoms with Crippen LogP contribution in [0.1, 0.15) is 5.56 Å². The van der Waals surface area contributed by atoms with Gasteiger partial charge in [0.25, 0.3) is 10.0 Å². The van der Waals surface area contributed by atoms with Crippen LogP contribution in [0.4, 0.5) is 11.4 Å². The molecular formula is C14H15ClN2O3S. The number of benzene rings is 2. The number of hydrogen-bond acceptors (Lipinski definition) is 4. The lowest BCUT2D eigenvalue weighted by molar-refractivity contribution is 0.415. The van der Waals surface area contributed by atoms with Crippen LogP contribution >= 0.6 is 11.6 Å². The quantitative estimate of drug-likeness (QED) is 0.846. The van der Waals surface area contributed by atoms with Crippen molar-refractivity contribution in [2.45, 2.75) is 11.8 Å². The maximum atomic E-state index is 12.3. The third-order valence-corrected chi connectivity index (χ3v) is 4.73. The molecule has 0 heterocycles. The van der Waals surface area contributed by atoms with E-state index in [1.54, 1.807) is 18.2 Å². The Balaban J connectivity index is 2.35. The SMILES string of the molecule is COc1cc(S(=O)(=O)Nc2ccc(C)c(Cl)c2)ccc1N. The Labute approximate surface area is 128 Å². The summed E-state index contributed by atoms with van der Waals surface area (Å²) in [6.45, 7) is 1.84. The number of anilines is 2. The molecule has 0 amide bonds. The Morgan fingerprint density at radius 1 is 1.19 bits per heavy atom. The van der Waals surface area contributed by atoms with Crippen LogP contribution < -0.4 is 15.2 Å². The molecule has 0 radical (unpaired) electrons. The summed E-state index contributed by atoms with van der Waals surface area (Å²) in [5.41, 5.74) is 7.30. The molecule has 21 heavy (non-hydrogen) atoms. The first-order valence-corrected chi connectivity index (χ1v) is 7.92. The highest BCUT2D eigenvalue weighted by atomic mass is 35.5. The zero-order valence-corrected chi connectivity index (χ0v) is 13.1. The molecule has 0 aliphatic carbocycles. The van der Waals surface area contributed by atoms with Gasteiger partial charge in [-0.2, -0.15) is 0 Å². The second kappa shape index (κ2) is 5.83. The van der Waals surface area contributed by atoms with Crippen molar-refractivity contribution >= 4 is 33.0 Å². The Morgan fingerprint density at radius 3 is 2.52 bits per heavy atom. The van der Waals surface area contributed by atoms with Crippen LogP contribution in [-0.2, 0) is 10.0 Å². The molecule has 5 nitrogen and oxygen atoms in total. The molecule has 0 spiro atoms. The van der Waals surface area contributed by atoms with Gasteiger partial charge in [0.1, 0.15) is 5.75 Å². The molecule has 0 aliphatic heterocycles. The number of halogens is 1. The largest absolute Gasteiger partial charge is 0.495 e. The summed E-state index contributed by atoms with van der Waals surface area (Å²) in [5.74, 6) is 0.305. The molecule has 0 unspecified atom stereocenters. The van der Waals surface area contributed by atoms with Crippen molar-refractivity contribution < 1.29 is 13.2 Å². The lowest BCUT2D eigenvalue weighted by Crippen LogP contribution is -2.13. The molecule has 0 aliphatic rings. The fourth-order valence-corrected chi connectivity index (χ4v) is 2.97. The third kappa shape index (κ3) is 3.40. The van der Waals surface area contributed by atoms with Gasteiger partial charge in [-0.15, -0.1) is 0 Å². The van der Waals surface area contributed by atoms with Crippen LogP contribution in [0.15, 0.2) is 41.3 Å². The highest BCUT2D eigenvalue weighted by molar-refractivity contribution is 7.92. The molecule has 0 saturated heterocycles. The topological polar surface area (TPSA) is 81.4 Å². The van der Waals surface area contributed by atoms with Crippen molar-refractivity contribution in [3.05, 3.63) is 47.0 Å². The molecule has 7 heteroatoms. The van der Waals surface area contributed by atoms with Gasteiger partial charge in [0.2, 0.25) is 0 Å². The minimum Gasteiger partial charge on any atom is -0.495 e. The summed E-state index contributed by atoms with van der Waals surface area (Å²) in [5, 5.41) is 0.491. The van der Waals surface area contributed by atoms with Crippen molar-refractivity contribution in [1.29, 1.82) is 0 Å². The monoisotopic (exact) mass is 326 g/mol. The molecule has 2 aromatic carbocycles. The van der Waals surface area contributed by atoms with Gasteiger partial charge in [-0.1, -0.05) is 17.7 Å². The first kappa shape index (κ1) is 15.5. The highest BCUT2D eigenvalue weighted by Gasteiger charge is 2.16. The van der Waals surface area contributed by atoms with Gasteiger partial charge in [0, 0.05) is 11.1 Å². The maximum absolute atomic E-state index is 12.3. The van der Waals surface area contributed by atoms with E-state index in [2.05, 4.69) is 4.72 Å². The minimum atomic E-state index is -3.74. The zero-order chi connectivity index (χ0) is 15.6. The second-order valence-electron chi connectivity index (χ2n) is 4.47. The van der Waals surface area contributed by atoms with Crippen molar-refractivity contribution in [3.8, 4) is 5.75 Å². The van der Waals surface area contributed by atoms with Crippen LogP contribution in [0.3, 0.4) is 0 Å². The molecule has 0 aromatic heterocycles. The van der Waals surface area contributed by atoms with E-state index in [0.717, 1.165) is 5.56 Å². The van der Waals surface area contributed by atoms with Gasteiger partial charge in [-0.3, -0.25) is 4.72 Å². The highest BCUT2D eigenvalue weighted by Crippen LogP contribution is 2.27. The Morgan fingerprint density at radius 2 is 1.90 bits per heavy atom. The lowest BCUT2D eigenvalue weighted by Gasteiger charge is -2.11.